The Bertz CT molecular complexity index is 895. The predicted octanol–water partition coefficient (Wildman–Crippen LogP) is 3.70. The van der Waals surface area contributed by atoms with Gasteiger partial charge in [0.1, 0.15) is 17.9 Å². The number of halogens is 4. The first-order valence-electron chi connectivity index (χ1n) is 9.38. The van der Waals surface area contributed by atoms with E-state index in [1.807, 2.05) is 0 Å². The molecule has 0 unspecified atom stereocenters. The molecular formula is C20H21F4N5O2. The molecule has 0 aliphatic carbocycles. The lowest BCUT2D eigenvalue weighted by Crippen LogP contribution is -2.48. The summed E-state index contributed by atoms with van der Waals surface area (Å²) in [4.78, 5) is 7.76. The van der Waals surface area contributed by atoms with Gasteiger partial charge in [0.25, 0.3) is 0 Å². The molecule has 1 heterocycles. The summed E-state index contributed by atoms with van der Waals surface area (Å²) in [5.74, 6) is -0.666. The first-order chi connectivity index (χ1) is 14.7. The van der Waals surface area contributed by atoms with Crippen molar-refractivity contribution < 1.29 is 27.5 Å². The zero-order valence-corrected chi connectivity index (χ0v) is 16.4. The van der Waals surface area contributed by atoms with Crippen LogP contribution >= 0.6 is 0 Å². The molecule has 0 amide bonds. The van der Waals surface area contributed by atoms with Crippen molar-refractivity contribution in [1.29, 1.82) is 5.41 Å². The predicted molar refractivity (Wildman–Crippen MR) is 107 cm³/mol. The molecule has 31 heavy (non-hydrogen) atoms. The molecule has 11 heteroatoms. The highest BCUT2D eigenvalue weighted by Gasteiger charge is 2.31. The van der Waals surface area contributed by atoms with E-state index >= 15 is 0 Å². The van der Waals surface area contributed by atoms with Crippen LogP contribution in [0.2, 0.25) is 0 Å². The summed E-state index contributed by atoms with van der Waals surface area (Å²) < 4.78 is 53.4. The standard InChI is InChI=1S/C20H21F4N5O2/c21-16-3-5-17(6-4-16)27-9-11-28(12-10-27)19(25)26-14-29(30)13-15-1-7-18(8-2-15)31-20(22,23)24/h1-8,14,25,30H,9-13H2/b25-19?,26-14-. The third kappa shape index (κ3) is 6.85. The van der Waals surface area contributed by atoms with Gasteiger partial charge < -0.3 is 14.5 Å². The molecule has 1 saturated heterocycles. The molecule has 2 aromatic carbocycles. The quantitative estimate of drug-likeness (QED) is 0.322. The van der Waals surface area contributed by atoms with Crippen molar-refractivity contribution in [1.82, 2.24) is 9.96 Å². The van der Waals surface area contributed by atoms with Crippen molar-refractivity contribution in [2.75, 3.05) is 31.1 Å². The number of aliphatic imine (C=N–C) groups is 1. The summed E-state index contributed by atoms with van der Waals surface area (Å²) in [6, 6.07) is 11.3. The minimum atomic E-state index is -4.76. The Balaban J connectivity index is 1.46. The molecule has 0 aromatic heterocycles. The summed E-state index contributed by atoms with van der Waals surface area (Å²) in [6.07, 6.45) is -3.68. The van der Waals surface area contributed by atoms with Crippen LogP contribution in [0.3, 0.4) is 0 Å². The maximum atomic E-state index is 13.0. The molecule has 2 aromatic rings. The van der Waals surface area contributed by atoms with Gasteiger partial charge in [0.05, 0.1) is 6.54 Å². The molecule has 0 atom stereocenters. The molecule has 1 fully saturated rings. The molecule has 3 rings (SSSR count). The van der Waals surface area contributed by atoms with Crippen LogP contribution in [0, 0.1) is 11.2 Å². The topological polar surface area (TPSA) is 75.4 Å². The number of nitrogens with zero attached hydrogens (tertiary/aromatic N) is 4. The van der Waals surface area contributed by atoms with E-state index in [2.05, 4.69) is 14.6 Å². The number of anilines is 1. The van der Waals surface area contributed by atoms with Crippen LogP contribution in [0.4, 0.5) is 23.2 Å². The summed E-state index contributed by atoms with van der Waals surface area (Å²) in [5.41, 5.74) is 1.44. The fraction of sp³-hybridized carbons (Fsp3) is 0.300. The van der Waals surface area contributed by atoms with Gasteiger partial charge >= 0.3 is 6.36 Å². The molecule has 0 radical (unpaired) electrons. The highest BCUT2D eigenvalue weighted by Crippen LogP contribution is 2.23. The Morgan fingerprint density at radius 3 is 2.26 bits per heavy atom. The Kier molecular flexibility index (Phi) is 6.95. The number of hydrogen-bond donors (Lipinski definition) is 2. The van der Waals surface area contributed by atoms with Gasteiger partial charge in [-0.15, -0.1) is 13.2 Å². The van der Waals surface area contributed by atoms with Crippen molar-refractivity contribution in [2.24, 2.45) is 4.99 Å². The van der Waals surface area contributed by atoms with Crippen LogP contribution in [0.15, 0.2) is 53.5 Å². The van der Waals surface area contributed by atoms with E-state index < -0.39 is 6.36 Å². The van der Waals surface area contributed by atoms with Crippen LogP contribution in [0.5, 0.6) is 5.75 Å². The second-order valence-electron chi connectivity index (χ2n) is 6.81. The molecule has 1 aliphatic rings. The maximum absolute atomic E-state index is 13.0. The SMILES string of the molecule is N=C(/N=C\N(O)Cc1ccc(OC(F)(F)F)cc1)N1CCN(c2ccc(F)cc2)CC1. The number of alkyl halides is 3. The lowest BCUT2D eigenvalue weighted by molar-refractivity contribution is -0.274. The fourth-order valence-electron chi connectivity index (χ4n) is 3.06. The molecule has 0 saturated carbocycles. The van der Waals surface area contributed by atoms with E-state index in [9.17, 15) is 22.8 Å². The summed E-state index contributed by atoms with van der Waals surface area (Å²) in [5, 5.41) is 18.7. The van der Waals surface area contributed by atoms with Crippen LogP contribution in [0.25, 0.3) is 0 Å². The Hall–Kier alpha value is -3.34. The van der Waals surface area contributed by atoms with Crippen LogP contribution < -0.4 is 9.64 Å². The van der Waals surface area contributed by atoms with Crippen LogP contribution in [-0.2, 0) is 6.54 Å². The number of ether oxygens (including phenoxy) is 1. The molecule has 0 bridgehead atoms. The van der Waals surface area contributed by atoms with E-state index in [1.165, 1.54) is 24.3 Å². The van der Waals surface area contributed by atoms with E-state index in [0.29, 0.717) is 31.7 Å². The number of hydrogen-bond acceptors (Lipinski definition) is 4. The van der Waals surface area contributed by atoms with Crippen LogP contribution in [0.1, 0.15) is 5.56 Å². The largest absolute Gasteiger partial charge is 0.573 e. The first kappa shape index (κ1) is 22.3. The number of nitrogens with one attached hydrogen (secondary N) is 1. The second-order valence-corrected chi connectivity index (χ2v) is 6.81. The van der Waals surface area contributed by atoms with Gasteiger partial charge in [0.2, 0.25) is 5.96 Å². The third-order valence-corrected chi connectivity index (χ3v) is 4.59. The zero-order chi connectivity index (χ0) is 22.4. The van der Waals surface area contributed by atoms with Crippen molar-refractivity contribution in [2.45, 2.75) is 12.9 Å². The molecule has 1 aliphatic heterocycles. The molecule has 166 valence electrons. The van der Waals surface area contributed by atoms with Gasteiger partial charge in [0.15, 0.2) is 0 Å². The Labute approximate surface area is 176 Å². The van der Waals surface area contributed by atoms with Gasteiger partial charge in [-0.1, -0.05) is 12.1 Å². The smallest absolute Gasteiger partial charge is 0.406 e. The Morgan fingerprint density at radius 1 is 1.06 bits per heavy atom. The Morgan fingerprint density at radius 2 is 1.68 bits per heavy atom. The average Bonchev–Trinajstić information content (AvgIpc) is 2.73. The molecular weight excluding hydrogens is 418 g/mol. The first-order valence-corrected chi connectivity index (χ1v) is 9.38. The number of rotatable bonds is 5. The summed E-state index contributed by atoms with van der Waals surface area (Å²) >= 11 is 0. The molecule has 7 nitrogen and oxygen atoms in total. The van der Waals surface area contributed by atoms with Gasteiger partial charge in [-0.25, -0.2) is 14.4 Å². The lowest BCUT2D eigenvalue weighted by Gasteiger charge is -2.36. The highest BCUT2D eigenvalue weighted by atomic mass is 19.4. The minimum Gasteiger partial charge on any atom is -0.406 e. The van der Waals surface area contributed by atoms with E-state index in [-0.39, 0.29) is 24.1 Å². The van der Waals surface area contributed by atoms with Crippen LogP contribution in [-0.4, -0.2) is 60.0 Å². The molecule has 0 spiro atoms. The minimum absolute atomic E-state index is 0.0215. The van der Waals surface area contributed by atoms with Crippen molar-refractivity contribution in [3.8, 4) is 5.75 Å². The van der Waals surface area contributed by atoms with Gasteiger partial charge in [-0.2, -0.15) is 0 Å². The molecule has 2 N–H and O–H groups in total. The monoisotopic (exact) mass is 439 g/mol. The summed E-state index contributed by atoms with van der Waals surface area (Å²) in [6.45, 7) is 2.33. The van der Waals surface area contributed by atoms with Gasteiger partial charge in [-0.3, -0.25) is 10.6 Å². The van der Waals surface area contributed by atoms with Gasteiger partial charge in [-0.05, 0) is 42.0 Å². The highest BCUT2D eigenvalue weighted by molar-refractivity contribution is 5.84. The van der Waals surface area contributed by atoms with Gasteiger partial charge in [0, 0.05) is 31.9 Å². The van der Waals surface area contributed by atoms with E-state index in [1.54, 1.807) is 17.0 Å². The number of hydroxylamine groups is 2. The number of piperazine rings is 1. The van der Waals surface area contributed by atoms with E-state index in [4.69, 9.17) is 5.41 Å². The zero-order valence-electron chi connectivity index (χ0n) is 16.4. The summed E-state index contributed by atoms with van der Waals surface area (Å²) in [7, 11) is 0. The third-order valence-electron chi connectivity index (χ3n) is 4.59. The van der Waals surface area contributed by atoms with Crippen molar-refractivity contribution in [3.63, 3.8) is 0 Å². The fourth-order valence-corrected chi connectivity index (χ4v) is 3.06. The normalized spacial score (nSPS) is 14.7. The lowest BCUT2D eigenvalue weighted by atomic mass is 10.2. The van der Waals surface area contributed by atoms with E-state index in [0.717, 1.165) is 29.2 Å². The number of guanidine groups is 1. The number of benzene rings is 2. The van der Waals surface area contributed by atoms with Crippen molar-refractivity contribution >= 4 is 18.0 Å². The second kappa shape index (κ2) is 9.65. The van der Waals surface area contributed by atoms with Crippen molar-refractivity contribution in [3.05, 3.63) is 59.9 Å². The average molecular weight is 439 g/mol. The maximum Gasteiger partial charge on any atom is 0.573 e.